The molecular formula is C13H19BrClNO4S. The van der Waals surface area contributed by atoms with Crippen molar-refractivity contribution < 1.29 is 18.3 Å². The molecule has 0 aliphatic carbocycles. The molecule has 0 heterocycles. The van der Waals surface area contributed by atoms with Gasteiger partial charge in [-0.25, -0.2) is 13.1 Å². The second-order valence-corrected chi connectivity index (χ2v) is 7.48. The number of aliphatic hydroxyl groups excluding tert-OH is 1. The largest absolute Gasteiger partial charge is 0.494 e. The van der Waals surface area contributed by atoms with Crippen LogP contribution in [-0.2, 0) is 10.0 Å². The number of aliphatic hydroxyl groups is 1. The average Bonchev–Trinajstić information content (AvgIpc) is 2.42. The Morgan fingerprint density at radius 1 is 1.29 bits per heavy atom. The molecule has 0 bridgehead atoms. The Labute approximate surface area is 138 Å². The molecule has 0 saturated carbocycles. The van der Waals surface area contributed by atoms with Gasteiger partial charge in [0, 0.05) is 18.2 Å². The third-order valence-corrected chi connectivity index (χ3v) is 5.12. The molecule has 0 atom stereocenters. The van der Waals surface area contributed by atoms with Gasteiger partial charge in [-0.2, -0.15) is 0 Å². The van der Waals surface area contributed by atoms with E-state index < -0.39 is 10.0 Å². The minimum atomic E-state index is -3.68. The number of methoxy groups -OCH3 is 1. The molecule has 0 aliphatic heterocycles. The van der Waals surface area contributed by atoms with Gasteiger partial charge in [-0.3, -0.25) is 0 Å². The van der Waals surface area contributed by atoms with Crippen molar-refractivity contribution in [2.45, 2.75) is 30.6 Å². The lowest BCUT2D eigenvalue weighted by Crippen LogP contribution is -2.25. The highest BCUT2D eigenvalue weighted by atomic mass is 79.9. The van der Waals surface area contributed by atoms with Gasteiger partial charge >= 0.3 is 0 Å². The summed E-state index contributed by atoms with van der Waals surface area (Å²) in [7, 11) is -2.27. The van der Waals surface area contributed by atoms with Crippen LogP contribution in [0.15, 0.2) is 21.5 Å². The van der Waals surface area contributed by atoms with E-state index >= 15 is 0 Å². The molecule has 1 aromatic carbocycles. The van der Waals surface area contributed by atoms with Gasteiger partial charge in [0.15, 0.2) is 5.75 Å². The standard InChI is InChI=1S/C13H19BrClNO4S/c1-20-13-11(14)8-10(15)9-12(13)21(18,19)16-6-4-2-3-5-7-17/h8-9,16-17H,2-7H2,1H3. The Balaban J connectivity index is 2.74. The Kier molecular flexibility index (Phi) is 7.97. The van der Waals surface area contributed by atoms with Crippen LogP contribution in [0.2, 0.25) is 5.02 Å². The maximum atomic E-state index is 12.3. The summed E-state index contributed by atoms with van der Waals surface area (Å²) in [5.41, 5.74) is 0. The molecule has 0 fully saturated rings. The number of hydrogen-bond donors (Lipinski definition) is 2. The van der Waals surface area contributed by atoms with Crippen LogP contribution in [0.25, 0.3) is 0 Å². The van der Waals surface area contributed by atoms with E-state index in [1.165, 1.54) is 13.2 Å². The van der Waals surface area contributed by atoms with Crippen LogP contribution in [0.5, 0.6) is 5.75 Å². The van der Waals surface area contributed by atoms with Crippen LogP contribution >= 0.6 is 27.5 Å². The highest BCUT2D eigenvalue weighted by Gasteiger charge is 2.22. The highest BCUT2D eigenvalue weighted by molar-refractivity contribution is 9.10. The van der Waals surface area contributed by atoms with E-state index in [1.54, 1.807) is 6.07 Å². The van der Waals surface area contributed by atoms with Crippen molar-refractivity contribution in [2.24, 2.45) is 0 Å². The van der Waals surface area contributed by atoms with Crippen molar-refractivity contribution in [3.63, 3.8) is 0 Å². The predicted octanol–water partition coefficient (Wildman–Crippen LogP) is 2.94. The Bertz CT molecular complexity index is 566. The molecular weight excluding hydrogens is 382 g/mol. The average molecular weight is 401 g/mol. The number of ether oxygens (including phenoxy) is 1. The van der Waals surface area contributed by atoms with Crippen LogP contribution in [0.4, 0.5) is 0 Å². The summed E-state index contributed by atoms with van der Waals surface area (Å²) < 4.78 is 32.7. The third-order valence-electron chi connectivity index (χ3n) is 2.84. The fraction of sp³-hybridized carbons (Fsp3) is 0.538. The number of nitrogens with one attached hydrogen (secondary N) is 1. The molecule has 0 aromatic heterocycles. The van der Waals surface area contributed by atoms with Crippen molar-refractivity contribution >= 4 is 37.6 Å². The summed E-state index contributed by atoms with van der Waals surface area (Å²) >= 11 is 9.14. The van der Waals surface area contributed by atoms with Crippen LogP contribution in [0, 0.1) is 0 Å². The first kappa shape index (κ1) is 18.7. The summed E-state index contributed by atoms with van der Waals surface area (Å²) in [6.45, 7) is 0.501. The lowest BCUT2D eigenvalue weighted by molar-refractivity contribution is 0.282. The summed E-state index contributed by atoms with van der Waals surface area (Å²) in [4.78, 5) is 0.0136. The summed E-state index contributed by atoms with van der Waals surface area (Å²) in [5, 5.41) is 8.98. The first-order valence-corrected chi connectivity index (χ1v) is 9.21. The van der Waals surface area contributed by atoms with Gasteiger partial charge in [0.05, 0.1) is 11.6 Å². The quantitative estimate of drug-likeness (QED) is 0.625. The molecule has 8 heteroatoms. The summed E-state index contributed by atoms with van der Waals surface area (Å²) in [5.74, 6) is 0.229. The van der Waals surface area contributed by atoms with Crippen LogP contribution in [0.1, 0.15) is 25.7 Å². The first-order valence-electron chi connectivity index (χ1n) is 6.56. The minimum Gasteiger partial charge on any atom is -0.494 e. The van der Waals surface area contributed by atoms with Crippen LogP contribution in [0.3, 0.4) is 0 Å². The zero-order valence-corrected chi connectivity index (χ0v) is 14.9. The Hall–Kier alpha value is -0.340. The monoisotopic (exact) mass is 399 g/mol. The van der Waals surface area contributed by atoms with E-state index in [2.05, 4.69) is 20.7 Å². The maximum absolute atomic E-state index is 12.3. The van der Waals surface area contributed by atoms with E-state index in [9.17, 15) is 8.42 Å². The molecule has 0 spiro atoms. The number of halogens is 2. The van der Waals surface area contributed by atoms with Crippen molar-refractivity contribution in [1.82, 2.24) is 4.72 Å². The van der Waals surface area contributed by atoms with Gasteiger partial charge in [-0.1, -0.05) is 24.4 Å². The molecule has 0 amide bonds. The smallest absolute Gasteiger partial charge is 0.244 e. The van der Waals surface area contributed by atoms with E-state index in [0.29, 0.717) is 22.5 Å². The van der Waals surface area contributed by atoms with Crippen LogP contribution in [-0.4, -0.2) is 33.8 Å². The lowest BCUT2D eigenvalue weighted by Gasteiger charge is -2.12. The number of rotatable bonds is 9. The summed E-state index contributed by atoms with van der Waals surface area (Å²) in [6, 6.07) is 2.94. The van der Waals surface area contributed by atoms with Crippen molar-refractivity contribution in [2.75, 3.05) is 20.3 Å². The van der Waals surface area contributed by atoms with Crippen LogP contribution < -0.4 is 9.46 Å². The fourth-order valence-corrected chi connectivity index (χ4v) is 4.27. The van der Waals surface area contributed by atoms with E-state index in [4.69, 9.17) is 21.4 Å². The second-order valence-electron chi connectivity index (χ2n) is 4.45. The van der Waals surface area contributed by atoms with Gasteiger partial charge in [-0.05, 0) is 40.9 Å². The highest BCUT2D eigenvalue weighted by Crippen LogP contribution is 2.35. The minimum absolute atomic E-state index is 0.0136. The molecule has 1 rings (SSSR count). The van der Waals surface area contributed by atoms with E-state index in [-0.39, 0.29) is 17.3 Å². The number of sulfonamides is 1. The topological polar surface area (TPSA) is 75.6 Å². The van der Waals surface area contributed by atoms with Gasteiger partial charge in [0.1, 0.15) is 4.90 Å². The zero-order valence-electron chi connectivity index (χ0n) is 11.7. The first-order chi connectivity index (χ1) is 9.92. The second kappa shape index (κ2) is 8.95. The Morgan fingerprint density at radius 3 is 2.57 bits per heavy atom. The maximum Gasteiger partial charge on any atom is 0.244 e. The van der Waals surface area contributed by atoms with E-state index in [0.717, 1.165) is 19.3 Å². The molecule has 0 unspecified atom stereocenters. The van der Waals surface area contributed by atoms with Crippen molar-refractivity contribution in [3.8, 4) is 5.75 Å². The van der Waals surface area contributed by atoms with Gasteiger partial charge in [-0.15, -0.1) is 0 Å². The van der Waals surface area contributed by atoms with Gasteiger partial charge < -0.3 is 9.84 Å². The molecule has 5 nitrogen and oxygen atoms in total. The lowest BCUT2D eigenvalue weighted by atomic mass is 10.2. The SMILES string of the molecule is COc1c(Br)cc(Cl)cc1S(=O)(=O)NCCCCCCO. The number of unbranched alkanes of at least 4 members (excludes halogenated alkanes) is 3. The molecule has 0 aliphatic rings. The number of benzene rings is 1. The molecule has 0 radical (unpaired) electrons. The third kappa shape index (κ3) is 5.75. The van der Waals surface area contributed by atoms with Gasteiger partial charge in [0.25, 0.3) is 0 Å². The fourth-order valence-electron chi connectivity index (χ4n) is 1.81. The predicted molar refractivity (Wildman–Crippen MR) is 86.4 cm³/mol. The van der Waals surface area contributed by atoms with E-state index in [1.807, 2.05) is 0 Å². The van der Waals surface area contributed by atoms with Crippen molar-refractivity contribution in [3.05, 3.63) is 21.6 Å². The molecule has 21 heavy (non-hydrogen) atoms. The molecule has 0 saturated heterocycles. The summed E-state index contributed by atoms with van der Waals surface area (Å²) in [6.07, 6.45) is 3.19. The Morgan fingerprint density at radius 2 is 1.95 bits per heavy atom. The zero-order chi connectivity index (χ0) is 15.9. The van der Waals surface area contributed by atoms with Gasteiger partial charge in [0.2, 0.25) is 10.0 Å². The normalized spacial score (nSPS) is 11.6. The molecule has 1 aromatic rings. The molecule has 120 valence electrons. The number of hydrogen-bond acceptors (Lipinski definition) is 4. The van der Waals surface area contributed by atoms with Crippen molar-refractivity contribution in [1.29, 1.82) is 0 Å². The molecule has 2 N–H and O–H groups in total.